The van der Waals surface area contributed by atoms with Gasteiger partial charge in [-0.15, -0.1) is 0 Å². The second-order valence-electron chi connectivity index (χ2n) is 11.6. The molecule has 0 aliphatic carbocycles. The molecule has 5 heterocycles. The fourth-order valence-electron chi connectivity index (χ4n) is 7.59. The number of nitro groups is 2. The zero-order valence-electron chi connectivity index (χ0n) is 28.3. The highest BCUT2D eigenvalue weighted by Gasteiger charge is 2.34. The molecule has 2 aliphatic rings. The Morgan fingerprint density at radius 1 is 0.630 bits per heavy atom. The van der Waals surface area contributed by atoms with E-state index in [4.69, 9.17) is 9.97 Å². The van der Waals surface area contributed by atoms with Crippen molar-refractivity contribution in [3.8, 4) is 0 Å². The molecule has 0 unspecified atom stereocenters. The number of aromatic amines is 1. The molecule has 10 nitrogen and oxygen atoms in total. The van der Waals surface area contributed by atoms with Crippen molar-refractivity contribution in [1.29, 1.82) is 0 Å². The number of H-pyrrole nitrogens is 1. The predicted molar refractivity (Wildman–Crippen MR) is 187 cm³/mol. The predicted octanol–water partition coefficient (Wildman–Crippen LogP) is 9.77. The van der Waals surface area contributed by atoms with Crippen LogP contribution in [0.3, 0.4) is 0 Å². The van der Waals surface area contributed by atoms with Crippen LogP contribution < -0.4 is 0 Å². The minimum Gasteiger partial charge on any atom is -0.350 e. The van der Waals surface area contributed by atoms with E-state index >= 15 is 0 Å². The van der Waals surface area contributed by atoms with Crippen LogP contribution in [0.5, 0.6) is 0 Å². The average Bonchev–Trinajstić information content (AvgIpc) is 3.80. The first-order chi connectivity index (χ1) is 22.1. The van der Waals surface area contributed by atoms with Crippen molar-refractivity contribution in [3.63, 3.8) is 0 Å². The lowest BCUT2D eigenvalue weighted by Gasteiger charge is -2.10. The quantitative estimate of drug-likeness (QED) is 0.176. The number of allylic oxidation sites excluding steroid dienone is 4. The first-order valence-electron chi connectivity index (χ1n) is 16.7. The molecule has 1 N–H and O–H groups in total. The molecule has 10 heteroatoms. The van der Waals surface area contributed by atoms with E-state index in [1.807, 2.05) is 58.2 Å². The number of hydrogen-bond donors (Lipinski definition) is 1. The number of aromatic nitrogens is 4. The summed E-state index contributed by atoms with van der Waals surface area (Å²) < 4.78 is 2.03. The number of nitrogens with one attached hydrogen (secondary N) is 1. The minimum absolute atomic E-state index is 0.0330. The third kappa shape index (κ3) is 4.94. The van der Waals surface area contributed by atoms with Crippen molar-refractivity contribution in [3.05, 3.63) is 77.9 Å². The fourth-order valence-corrected chi connectivity index (χ4v) is 7.59. The Bertz CT molecular complexity index is 1990. The van der Waals surface area contributed by atoms with Gasteiger partial charge in [0.25, 0.3) is 0 Å². The van der Waals surface area contributed by atoms with E-state index < -0.39 is 0 Å². The van der Waals surface area contributed by atoms with Crippen LogP contribution in [0.4, 0.5) is 11.4 Å². The summed E-state index contributed by atoms with van der Waals surface area (Å²) in [6, 6.07) is 5.53. The van der Waals surface area contributed by atoms with Gasteiger partial charge in [-0.1, -0.05) is 48.5 Å². The topological polar surface area (TPSA) is 133 Å². The van der Waals surface area contributed by atoms with Gasteiger partial charge in [0, 0.05) is 23.1 Å². The number of fused-ring (bicyclic) bond motifs is 8. The maximum absolute atomic E-state index is 13.3. The molecule has 0 spiro atoms. The second kappa shape index (κ2) is 13.0. The lowest BCUT2D eigenvalue weighted by Crippen LogP contribution is -2.02. The zero-order valence-corrected chi connectivity index (χ0v) is 28.3. The van der Waals surface area contributed by atoms with Crippen molar-refractivity contribution < 1.29 is 9.85 Å². The van der Waals surface area contributed by atoms with Gasteiger partial charge >= 0.3 is 11.4 Å². The van der Waals surface area contributed by atoms with Crippen LogP contribution in [-0.2, 0) is 25.8 Å². The van der Waals surface area contributed by atoms with Gasteiger partial charge in [0.2, 0.25) is 0 Å². The number of hydrogen-bond acceptors (Lipinski definition) is 6. The number of nitrogens with zero attached hydrogens (tertiary/aromatic N) is 5. The Morgan fingerprint density at radius 3 is 1.54 bits per heavy atom. The summed E-state index contributed by atoms with van der Waals surface area (Å²) >= 11 is 0. The molecule has 3 aromatic rings. The summed E-state index contributed by atoms with van der Waals surface area (Å²) in [6.45, 7) is 16.8. The normalized spacial score (nSPS) is 13.2. The Morgan fingerprint density at radius 2 is 1.11 bits per heavy atom. The standard InChI is InChI=1S/C36H44N6O4/c1-9-21-26(14-6)34-36(42(45)46)33-25(13-5)23(11-3)31(39-33)27(15-7)30-22(10-2)24(12-4)32(38-30)35(41(43)44)28-18-17-20(37-28)19-29(21)40(34)16-8/h17-19,37H,9-16H2,1-8H3. The van der Waals surface area contributed by atoms with Crippen molar-refractivity contribution >= 4 is 55.7 Å². The van der Waals surface area contributed by atoms with Gasteiger partial charge < -0.3 is 9.55 Å². The highest BCUT2D eigenvalue weighted by atomic mass is 16.6. The molecule has 3 aromatic heterocycles. The summed E-state index contributed by atoms with van der Waals surface area (Å²) in [4.78, 5) is 39.0. The van der Waals surface area contributed by atoms with Gasteiger partial charge in [-0.25, -0.2) is 9.97 Å². The lowest BCUT2D eigenvalue weighted by molar-refractivity contribution is -0.383. The van der Waals surface area contributed by atoms with Gasteiger partial charge in [-0.2, -0.15) is 0 Å². The van der Waals surface area contributed by atoms with E-state index in [1.54, 1.807) is 6.07 Å². The third-order valence-electron chi connectivity index (χ3n) is 9.50. The minimum atomic E-state index is -0.335. The van der Waals surface area contributed by atoms with Crippen molar-refractivity contribution in [2.75, 3.05) is 0 Å². The van der Waals surface area contributed by atoms with E-state index in [0.29, 0.717) is 90.8 Å². The smallest absolute Gasteiger partial charge is 0.318 e. The van der Waals surface area contributed by atoms with E-state index in [1.165, 1.54) is 0 Å². The van der Waals surface area contributed by atoms with Crippen LogP contribution in [0.25, 0.3) is 44.4 Å². The molecule has 0 radical (unpaired) electrons. The fraction of sp³-hybridized carbons (Fsp3) is 0.444. The monoisotopic (exact) mass is 624 g/mol. The van der Waals surface area contributed by atoms with Crippen LogP contribution in [-0.4, -0.2) is 29.4 Å². The van der Waals surface area contributed by atoms with Gasteiger partial charge in [0.05, 0.1) is 21.2 Å². The summed E-state index contributed by atoms with van der Waals surface area (Å²) in [5.41, 5.74) is 11.2. The lowest BCUT2D eigenvalue weighted by atomic mass is 9.92. The molecule has 0 amide bonds. The van der Waals surface area contributed by atoms with Gasteiger partial charge in [0.15, 0.2) is 0 Å². The Kier molecular flexibility index (Phi) is 9.28. The summed E-state index contributed by atoms with van der Waals surface area (Å²) in [6.07, 6.45) is 4.29. The SMILES string of the molecule is CCC1=C(CC)c2nc1c(CC)c1nc(c([N+](=O)[O-])c3c(CC)c(CC)c(cc4ccc([nH]4)c2[N+](=O)[O-])n3CC)C(CC)=C1CC. The molecular weight excluding hydrogens is 580 g/mol. The average molecular weight is 625 g/mol. The van der Waals surface area contributed by atoms with Gasteiger partial charge in [0.1, 0.15) is 22.4 Å². The van der Waals surface area contributed by atoms with E-state index in [9.17, 15) is 20.2 Å². The van der Waals surface area contributed by atoms with Crippen molar-refractivity contribution in [1.82, 2.24) is 19.5 Å². The maximum atomic E-state index is 13.3. The van der Waals surface area contributed by atoms with E-state index in [-0.39, 0.29) is 21.2 Å². The van der Waals surface area contributed by atoms with Crippen LogP contribution in [0, 0.1) is 20.2 Å². The maximum Gasteiger partial charge on any atom is 0.318 e. The zero-order chi connectivity index (χ0) is 33.4. The molecule has 46 heavy (non-hydrogen) atoms. The Hall–Kier alpha value is -4.60. The summed E-state index contributed by atoms with van der Waals surface area (Å²) in [5, 5.41) is 26.1. The van der Waals surface area contributed by atoms with Gasteiger partial charge in [-0.05, 0) is 103 Å². The van der Waals surface area contributed by atoms with Crippen LogP contribution in [0.15, 0.2) is 18.2 Å². The molecular formula is C36H44N6O4. The number of rotatable bonds is 10. The first-order valence-corrected chi connectivity index (χ1v) is 16.7. The molecule has 0 saturated heterocycles. The summed E-state index contributed by atoms with van der Waals surface area (Å²) in [5.74, 6) is 0. The Labute approximate surface area is 269 Å². The van der Waals surface area contributed by atoms with Crippen LogP contribution in [0.2, 0.25) is 0 Å². The molecule has 2 aliphatic heterocycles. The van der Waals surface area contributed by atoms with Gasteiger partial charge in [-0.3, -0.25) is 20.2 Å². The van der Waals surface area contributed by atoms with Crippen LogP contribution in [0.1, 0.15) is 121 Å². The first kappa shape index (κ1) is 32.8. The molecule has 0 aromatic carbocycles. The van der Waals surface area contributed by atoms with E-state index in [0.717, 1.165) is 44.5 Å². The molecule has 8 bridgehead atoms. The van der Waals surface area contributed by atoms with Crippen molar-refractivity contribution in [2.45, 2.75) is 107 Å². The number of aryl methyl sites for hydroxylation is 3. The highest BCUT2D eigenvalue weighted by molar-refractivity contribution is 6.01. The molecule has 242 valence electrons. The largest absolute Gasteiger partial charge is 0.350 e. The Balaban J connectivity index is 2.24. The van der Waals surface area contributed by atoms with Crippen LogP contribution >= 0.6 is 0 Å². The second-order valence-corrected chi connectivity index (χ2v) is 11.6. The molecule has 0 atom stereocenters. The van der Waals surface area contributed by atoms with Crippen molar-refractivity contribution in [2.24, 2.45) is 0 Å². The summed E-state index contributed by atoms with van der Waals surface area (Å²) in [7, 11) is 0. The van der Waals surface area contributed by atoms with E-state index in [2.05, 4.69) is 18.8 Å². The molecule has 0 saturated carbocycles. The molecule has 5 rings (SSSR count). The molecule has 0 fully saturated rings. The highest BCUT2D eigenvalue weighted by Crippen LogP contribution is 2.46. The third-order valence-corrected chi connectivity index (χ3v) is 9.50.